The van der Waals surface area contributed by atoms with Crippen molar-refractivity contribution in [1.29, 1.82) is 0 Å². The van der Waals surface area contributed by atoms with E-state index in [-0.39, 0.29) is 24.2 Å². The van der Waals surface area contributed by atoms with Gasteiger partial charge in [-0.05, 0) is 45.2 Å². The van der Waals surface area contributed by atoms with E-state index in [4.69, 9.17) is 0 Å². The van der Waals surface area contributed by atoms with Crippen LogP contribution in [0.25, 0.3) is 0 Å². The summed E-state index contributed by atoms with van der Waals surface area (Å²) in [7, 11) is 0. The van der Waals surface area contributed by atoms with Gasteiger partial charge in [-0.1, -0.05) is 31.0 Å². The molecule has 2 fully saturated rings. The zero-order chi connectivity index (χ0) is 17.2. The normalized spacial score (nSPS) is 29.9. The van der Waals surface area contributed by atoms with Gasteiger partial charge in [0, 0.05) is 18.3 Å². The summed E-state index contributed by atoms with van der Waals surface area (Å²) in [5.74, 6) is 0. The lowest BCUT2D eigenvalue weighted by Gasteiger charge is -2.53. The summed E-state index contributed by atoms with van der Waals surface area (Å²) < 4.78 is 0. The molecule has 1 heterocycles. The minimum Gasteiger partial charge on any atom is -0.386 e. The number of piperidine rings is 1. The Kier molecular flexibility index (Phi) is 4.99. The predicted octanol–water partition coefficient (Wildman–Crippen LogP) is 2.96. The van der Waals surface area contributed by atoms with Crippen molar-refractivity contribution >= 4 is 11.7 Å². The molecule has 5 heteroatoms. The van der Waals surface area contributed by atoms with Crippen LogP contribution < -0.4 is 10.6 Å². The van der Waals surface area contributed by atoms with E-state index in [9.17, 15) is 9.90 Å². The number of rotatable bonds is 3. The first kappa shape index (κ1) is 17.1. The number of carbonyl (C=O) groups excluding carboxylic acids is 1. The molecule has 1 aliphatic carbocycles. The average molecular weight is 331 g/mol. The first-order valence-electron chi connectivity index (χ1n) is 9.12. The highest BCUT2D eigenvalue weighted by molar-refractivity contribution is 5.75. The first-order chi connectivity index (χ1) is 11.5. The summed E-state index contributed by atoms with van der Waals surface area (Å²) in [6.45, 7) is 4.61. The zero-order valence-corrected chi connectivity index (χ0v) is 14.7. The second-order valence-corrected chi connectivity index (χ2v) is 7.40. The van der Waals surface area contributed by atoms with E-state index in [1.165, 1.54) is 0 Å². The Labute approximate surface area is 144 Å². The van der Waals surface area contributed by atoms with Crippen molar-refractivity contribution in [1.82, 2.24) is 10.2 Å². The van der Waals surface area contributed by atoms with Gasteiger partial charge >= 0.3 is 6.03 Å². The maximum absolute atomic E-state index is 12.6. The number of hydrogen-bond donors (Lipinski definition) is 3. The molecule has 1 saturated heterocycles. The van der Waals surface area contributed by atoms with Crippen molar-refractivity contribution in [3.8, 4) is 0 Å². The molecule has 1 aliphatic heterocycles. The standard InChI is InChI=1S/C19H29N3O2/c1-14(2)20-18(23)22-13-11-16(21-15-8-4-3-5-9-15)19(24)12-7-6-10-17(19)22/h3-5,8-9,14,16-17,21,24H,6-7,10-13H2,1-2H3,(H,20,23). The molecule has 0 spiro atoms. The summed E-state index contributed by atoms with van der Waals surface area (Å²) in [4.78, 5) is 14.4. The van der Waals surface area contributed by atoms with Crippen LogP contribution in [0.15, 0.2) is 30.3 Å². The molecule has 0 radical (unpaired) electrons. The van der Waals surface area contributed by atoms with Gasteiger partial charge in [-0.2, -0.15) is 0 Å². The van der Waals surface area contributed by atoms with Crippen molar-refractivity contribution in [2.45, 2.75) is 69.7 Å². The van der Waals surface area contributed by atoms with Crippen molar-refractivity contribution in [2.75, 3.05) is 11.9 Å². The molecular formula is C19H29N3O2. The molecule has 0 bridgehead atoms. The fraction of sp³-hybridized carbons (Fsp3) is 0.632. The Morgan fingerprint density at radius 3 is 2.71 bits per heavy atom. The number of urea groups is 1. The third kappa shape index (κ3) is 3.36. The number of hydrogen-bond acceptors (Lipinski definition) is 3. The quantitative estimate of drug-likeness (QED) is 0.798. The van der Waals surface area contributed by atoms with Crippen molar-refractivity contribution < 1.29 is 9.90 Å². The SMILES string of the molecule is CC(C)NC(=O)N1CCC(Nc2ccccc2)C2(O)CCCCC12. The largest absolute Gasteiger partial charge is 0.386 e. The highest BCUT2D eigenvalue weighted by Crippen LogP contribution is 2.40. The molecule has 132 valence electrons. The molecule has 1 aromatic rings. The molecular weight excluding hydrogens is 302 g/mol. The van der Waals surface area contributed by atoms with Gasteiger partial charge in [-0.25, -0.2) is 4.79 Å². The average Bonchev–Trinajstić information content (AvgIpc) is 2.55. The number of nitrogens with one attached hydrogen (secondary N) is 2. The smallest absolute Gasteiger partial charge is 0.317 e. The summed E-state index contributed by atoms with van der Waals surface area (Å²) in [6, 6.07) is 9.96. The summed E-state index contributed by atoms with van der Waals surface area (Å²) in [5.41, 5.74) is 0.168. The van der Waals surface area contributed by atoms with Gasteiger partial charge in [0.25, 0.3) is 0 Å². The van der Waals surface area contributed by atoms with E-state index in [0.29, 0.717) is 6.54 Å². The maximum Gasteiger partial charge on any atom is 0.317 e. The third-order valence-corrected chi connectivity index (χ3v) is 5.31. The van der Waals surface area contributed by atoms with Crippen molar-refractivity contribution in [2.24, 2.45) is 0 Å². The molecule has 2 aliphatic rings. The Morgan fingerprint density at radius 2 is 2.00 bits per heavy atom. The van der Waals surface area contributed by atoms with Crippen LogP contribution >= 0.6 is 0 Å². The van der Waals surface area contributed by atoms with Gasteiger partial charge in [0.1, 0.15) is 5.60 Å². The number of likely N-dealkylation sites (tertiary alicyclic amines) is 1. The second-order valence-electron chi connectivity index (χ2n) is 7.40. The summed E-state index contributed by atoms with van der Waals surface area (Å²) in [5, 5.41) is 18.0. The number of fused-ring (bicyclic) bond motifs is 1. The van der Waals surface area contributed by atoms with Gasteiger partial charge < -0.3 is 20.6 Å². The van der Waals surface area contributed by atoms with E-state index in [0.717, 1.165) is 37.8 Å². The van der Waals surface area contributed by atoms with Crippen LogP contribution in [0.4, 0.5) is 10.5 Å². The number of carbonyl (C=O) groups is 1. The number of amides is 2. The fourth-order valence-electron chi connectivity index (χ4n) is 4.17. The highest BCUT2D eigenvalue weighted by atomic mass is 16.3. The molecule has 1 saturated carbocycles. The van der Waals surface area contributed by atoms with Gasteiger partial charge in [-0.15, -0.1) is 0 Å². The van der Waals surface area contributed by atoms with Crippen LogP contribution in [-0.4, -0.2) is 46.3 Å². The Morgan fingerprint density at radius 1 is 1.25 bits per heavy atom. The molecule has 24 heavy (non-hydrogen) atoms. The lowest BCUT2D eigenvalue weighted by Crippen LogP contribution is -2.69. The monoisotopic (exact) mass is 331 g/mol. The minimum absolute atomic E-state index is 0.0201. The van der Waals surface area contributed by atoms with Crippen molar-refractivity contribution in [3.05, 3.63) is 30.3 Å². The zero-order valence-electron chi connectivity index (χ0n) is 14.7. The van der Waals surface area contributed by atoms with E-state index >= 15 is 0 Å². The van der Waals surface area contributed by atoms with Crippen LogP contribution in [0, 0.1) is 0 Å². The molecule has 3 unspecified atom stereocenters. The second kappa shape index (κ2) is 7.01. The molecule has 3 N–H and O–H groups in total. The van der Waals surface area contributed by atoms with E-state index in [1.54, 1.807) is 0 Å². The fourth-order valence-corrected chi connectivity index (χ4v) is 4.17. The van der Waals surface area contributed by atoms with E-state index in [2.05, 4.69) is 10.6 Å². The van der Waals surface area contributed by atoms with Crippen molar-refractivity contribution in [3.63, 3.8) is 0 Å². The number of nitrogens with zero attached hydrogens (tertiary/aromatic N) is 1. The molecule has 5 nitrogen and oxygen atoms in total. The predicted molar refractivity (Wildman–Crippen MR) is 96.0 cm³/mol. The highest BCUT2D eigenvalue weighted by Gasteiger charge is 2.52. The minimum atomic E-state index is -0.860. The number of benzene rings is 1. The third-order valence-electron chi connectivity index (χ3n) is 5.31. The number of para-hydroxylation sites is 1. The molecule has 3 rings (SSSR count). The van der Waals surface area contributed by atoms with Gasteiger partial charge in [0.15, 0.2) is 0 Å². The molecule has 3 atom stereocenters. The van der Waals surface area contributed by atoms with Crippen LogP contribution in [0.3, 0.4) is 0 Å². The topological polar surface area (TPSA) is 64.6 Å². The lowest BCUT2D eigenvalue weighted by molar-refractivity contribution is -0.0970. The Hall–Kier alpha value is -1.75. The summed E-state index contributed by atoms with van der Waals surface area (Å²) >= 11 is 0. The molecule has 0 aromatic heterocycles. The van der Waals surface area contributed by atoms with Gasteiger partial charge in [0.05, 0.1) is 12.1 Å². The van der Waals surface area contributed by atoms with E-state index < -0.39 is 5.60 Å². The number of anilines is 1. The van der Waals surface area contributed by atoms with Gasteiger partial charge in [-0.3, -0.25) is 0 Å². The first-order valence-corrected chi connectivity index (χ1v) is 9.12. The molecule has 1 aromatic carbocycles. The van der Waals surface area contributed by atoms with Crippen LogP contribution in [-0.2, 0) is 0 Å². The van der Waals surface area contributed by atoms with Crippen LogP contribution in [0.1, 0.15) is 46.0 Å². The lowest BCUT2D eigenvalue weighted by atomic mass is 9.71. The maximum atomic E-state index is 12.6. The van der Waals surface area contributed by atoms with Gasteiger partial charge in [0.2, 0.25) is 0 Å². The van der Waals surface area contributed by atoms with Crippen LogP contribution in [0.2, 0.25) is 0 Å². The molecule has 2 amide bonds. The van der Waals surface area contributed by atoms with E-state index in [1.807, 2.05) is 49.1 Å². The Bertz CT molecular complexity index is 563. The van der Waals surface area contributed by atoms with Crippen LogP contribution in [0.5, 0.6) is 0 Å². The Balaban J connectivity index is 1.79. The number of aliphatic hydroxyl groups is 1. The summed E-state index contributed by atoms with van der Waals surface area (Å²) in [6.07, 6.45) is 4.45.